The maximum Gasteiger partial charge on any atom is 0.246 e. The topological polar surface area (TPSA) is 23.5 Å². The third kappa shape index (κ3) is 5.23. The number of benzene rings is 5. The molecule has 0 unspecified atom stereocenters. The van der Waals surface area contributed by atoms with E-state index in [-0.39, 0.29) is 13.4 Å². The van der Waals surface area contributed by atoms with Gasteiger partial charge in [-0.1, -0.05) is 145 Å². The molecule has 0 bridgehead atoms. The predicted octanol–water partition coefficient (Wildman–Crippen LogP) is 5.00. The van der Waals surface area contributed by atoms with Crippen molar-refractivity contribution in [2.45, 2.75) is 51.9 Å². The molecule has 1 N–H and O–H groups in total. The molecule has 0 aliphatic carbocycles. The van der Waals surface area contributed by atoms with Crippen LogP contribution in [0.25, 0.3) is 0 Å². The number of aryl methyl sites for hydroxylation is 2. The lowest BCUT2D eigenvalue weighted by Gasteiger charge is -2.43. The first-order valence-electron chi connectivity index (χ1n) is 16.1. The van der Waals surface area contributed by atoms with Crippen molar-refractivity contribution in [1.29, 1.82) is 0 Å². The molecule has 2 nitrogen and oxygen atoms in total. The zero-order valence-corrected chi connectivity index (χ0v) is 25.2. The molecule has 43 heavy (non-hydrogen) atoms. The minimum Gasteiger partial charge on any atom is -0.396 e. The summed E-state index contributed by atoms with van der Waals surface area (Å²) in [5.41, 5.74) is 14.8. The van der Waals surface area contributed by atoms with Crippen molar-refractivity contribution >= 4 is 63.3 Å². The van der Waals surface area contributed by atoms with Crippen LogP contribution in [0.2, 0.25) is 0 Å². The lowest BCUT2D eigenvalue weighted by atomic mass is 9.30. The Morgan fingerprint density at radius 1 is 0.512 bits per heavy atom. The molecule has 5 aromatic carbocycles. The number of unbranched alkanes of at least 4 members (excludes halogenated alkanes) is 5. The maximum absolute atomic E-state index is 8.99. The van der Waals surface area contributed by atoms with E-state index in [4.69, 9.17) is 5.11 Å². The van der Waals surface area contributed by atoms with Crippen LogP contribution in [0.5, 0.6) is 0 Å². The Kier molecular flexibility index (Phi) is 7.96. The summed E-state index contributed by atoms with van der Waals surface area (Å²) in [4.78, 5) is 2.53. The van der Waals surface area contributed by atoms with Gasteiger partial charge >= 0.3 is 0 Å². The predicted molar refractivity (Wildman–Crippen MR) is 187 cm³/mol. The van der Waals surface area contributed by atoms with Crippen LogP contribution in [0.4, 0.5) is 17.1 Å². The molecule has 5 aromatic rings. The summed E-state index contributed by atoms with van der Waals surface area (Å²) in [7, 11) is 0. The minimum atomic E-state index is 0.187. The van der Waals surface area contributed by atoms with Crippen molar-refractivity contribution < 1.29 is 5.11 Å². The van der Waals surface area contributed by atoms with Gasteiger partial charge in [-0.2, -0.15) is 0 Å². The standard InChI is InChI=1S/C39H39B2NO/c1-29-20-24-31(25-21-29)40-33-14-7-9-18-37(33)42-38-19-10-8-15-34(38)41(36-17-12-16-35(40)39(36)42)32-26-22-30(23-27-32)13-6-4-2-3-5-11-28-43/h7-10,12,14-27,43H,2-6,11,13,28H2,1H3. The maximum atomic E-state index is 8.99. The normalized spacial score (nSPS) is 13.0. The van der Waals surface area contributed by atoms with Crippen molar-refractivity contribution in [3.05, 3.63) is 126 Å². The van der Waals surface area contributed by atoms with Crippen molar-refractivity contribution in [3.63, 3.8) is 0 Å². The van der Waals surface area contributed by atoms with E-state index < -0.39 is 0 Å². The quantitative estimate of drug-likeness (QED) is 0.189. The van der Waals surface area contributed by atoms with E-state index in [0.29, 0.717) is 6.61 Å². The summed E-state index contributed by atoms with van der Waals surface area (Å²) in [5, 5.41) is 8.99. The van der Waals surface area contributed by atoms with Gasteiger partial charge in [-0.3, -0.25) is 0 Å². The SMILES string of the molecule is Cc1ccc(B2c3ccccc3N3c4ccccc4B(c4ccc(CCCCCCCCO)cc4)c4cccc2c43)cc1. The molecule has 0 aromatic heterocycles. The molecule has 0 atom stereocenters. The number of nitrogens with zero attached hydrogens (tertiary/aromatic N) is 1. The van der Waals surface area contributed by atoms with Crippen LogP contribution in [0.15, 0.2) is 115 Å². The second kappa shape index (κ2) is 12.3. The number of aliphatic hydroxyl groups is 1. The van der Waals surface area contributed by atoms with Crippen molar-refractivity contribution in [2.75, 3.05) is 11.5 Å². The summed E-state index contributed by atoms with van der Waals surface area (Å²) in [6, 6.07) is 43.6. The third-order valence-electron chi connectivity index (χ3n) is 9.52. The average Bonchev–Trinajstić information content (AvgIpc) is 3.05. The highest BCUT2D eigenvalue weighted by atomic mass is 16.2. The Morgan fingerprint density at radius 3 is 1.58 bits per heavy atom. The molecule has 0 spiro atoms. The fourth-order valence-corrected chi connectivity index (χ4v) is 7.38. The van der Waals surface area contributed by atoms with E-state index in [2.05, 4.69) is 127 Å². The molecular weight excluding hydrogens is 520 g/mol. The number of rotatable bonds is 10. The first-order chi connectivity index (χ1) is 21.2. The Labute approximate surface area is 257 Å². The fraction of sp³-hybridized carbons (Fsp3) is 0.231. The van der Waals surface area contributed by atoms with Gasteiger partial charge in [0, 0.05) is 23.7 Å². The smallest absolute Gasteiger partial charge is 0.246 e. The van der Waals surface area contributed by atoms with Crippen LogP contribution in [0.3, 0.4) is 0 Å². The lowest BCUT2D eigenvalue weighted by molar-refractivity contribution is 0.282. The van der Waals surface area contributed by atoms with Gasteiger partial charge in [-0.25, -0.2) is 0 Å². The molecule has 0 saturated carbocycles. The van der Waals surface area contributed by atoms with Gasteiger partial charge in [0.2, 0.25) is 13.4 Å². The van der Waals surface area contributed by atoms with E-state index in [9.17, 15) is 0 Å². The Balaban J connectivity index is 1.26. The van der Waals surface area contributed by atoms with Crippen molar-refractivity contribution in [3.8, 4) is 0 Å². The summed E-state index contributed by atoms with van der Waals surface area (Å²) >= 11 is 0. The van der Waals surface area contributed by atoms with Crippen LogP contribution in [-0.2, 0) is 6.42 Å². The molecule has 2 aliphatic heterocycles. The summed E-state index contributed by atoms with van der Waals surface area (Å²) in [6.45, 7) is 2.87. The molecule has 2 aliphatic rings. The highest BCUT2D eigenvalue weighted by molar-refractivity contribution is 7.02. The van der Waals surface area contributed by atoms with Crippen LogP contribution in [-0.4, -0.2) is 25.1 Å². The van der Waals surface area contributed by atoms with E-state index in [0.717, 1.165) is 19.3 Å². The molecule has 212 valence electrons. The fourth-order valence-electron chi connectivity index (χ4n) is 7.38. The first kappa shape index (κ1) is 27.8. The Morgan fingerprint density at radius 2 is 1.00 bits per heavy atom. The van der Waals surface area contributed by atoms with Gasteiger partial charge in [0.25, 0.3) is 0 Å². The zero-order valence-electron chi connectivity index (χ0n) is 25.2. The van der Waals surface area contributed by atoms with Gasteiger partial charge < -0.3 is 10.0 Å². The first-order valence-corrected chi connectivity index (χ1v) is 16.1. The molecule has 0 amide bonds. The monoisotopic (exact) mass is 559 g/mol. The second-order valence-corrected chi connectivity index (χ2v) is 12.4. The van der Waals surface area contributed by atoms with Crippen LogP contribution < -0.4 is 37.7 Å². The lowest BCUT2D eigenvalue weighted by Crippen LogP contribution is -2.64. The van der Waals surface area contributed by atoms with E-state index in [1.165, 1.54) is 86.6 Å². The van der Waals surface area contributed by atoms with Gasteiger partial charge in [0.05, 0.1) is 0 Å². The summed E-state index contributed by atoms with van der Waals surface area (Å²) in [6.07, 6.45) is 8.20. The summed E-state index contributed by atoms with van der Waals surface area (Å²) in [5.74, 6) is 0. The zero-order chi connectivity index (χ0) is 29.2. The van der Waals surface area contributed by atoms with Gasteiger partial charge in [-0.15, -0.1) is 0 Å². The molecule has 4 heteroatoms. The van der Waals surface area contributed by atoms with Crippen molar-refractivity contribution in [1.82, 2.24) is 0 Å². The average molecular weight is 559 g/mol. The van der Waals surface area contributed by atoms with Crippen LogP contribution >= 0.6 is 0 Å². The van der Waals surface area contributed by atoms with E-state index >= 15 is 0 Å². The number of hydrogen-bond acceptors (Lipinski definition) is 2. The summed E-state index contributed by atoms with van der Waals surface area (Å²) < 4.78 is 0. The number of para-hydroxylation sites is 3. The van der Waals surface area contributed by atoms with E-state index in [1.54, 1.807) is 0 Å². The molecule has 0 fully saturated rings. The van der Waals surface area contributed by atoms with Crippen LogP contribution in [0.1, 0.15) is 49.7 Å². The number of hydrogen-bond donors (Lipinski definition) is 1. The van der Waals surface area contributed by atoms with Gasteiger partial charge in [-0.05, 0) is 65.7 Å². The van der Waals surface area contributed by atoms with E-state index in [1.807, 2.05) is 0 Å². The minimum absolute atomic E-state index is 0.187. The molecule has 2 heterocycles. The molecule has 0 radical (unpaired) electrons. The highest BCUT2D eigenvalue weighted by Gasteiger charge is 2.42. The van der Waals surface area contributed by atoms with Gasteiger partial charge in [0.1, 0.15) is 0 Å². The molecule has 0 saturated heterocycles. The molecular formula is C39H39B2NO. The Bertz CT molecular complexity index is 1710. The number of aliphatic hydroxyl groups excluding tert-OH is 1. The van der Waals surface area contributed by atoms with Crippen LogP contribution in [0, 0.1) is 6.92 Å². The third-order valence-corrected chi connectivity index (χ3v) is 9.52. The van der Waals surface area contributed by atoms with Crippen molar-refractivity contribution in [2.24, 2.45) is 0 Å². The number of fused-ring (bicyclic) bond motifs is 4. The highest BCUT2D eigenvalue weighted by Crippen LogP contribution is 2.37. The molecule has 7 rings (SSSR count). The number of anilines is 3. The largest absolute Gasteiger partial charge is 0.396 e. The second-order valence-electron chi connectivity index (χ2n) is 12.4. The van der Waals surface area contributed by atoms with Gasteiger partial charge in [0.15, 0.2) is 0 Å². The Hall–Kier alpha value is -4.01.